The Bertz CT molecular complexity index is 464. The number of carbonyl (C=O) groups excluding carboxylic acids is 1. The van der Waals surface area contributed by atoms with Gasteiger partial charge >= 0.3 is 0 Å². The second-order valence-corrected chi connectivity index (χ2v) is 5.44. The van der Waals surface area contributed by atoms with E-state index in [1.807, 2.05) is 0 Å². The van der Waals surface area contributed by atoms with E-state index in [2.05, 4.69) is 5.32 Å². The third-order valence-electron chi connectivity index (χ3n) is 3.98. The number of hydrogen-bond donors (Lipinski definition) is 2. The molecule has 3 rings (SSSR count). The lowest BCUT2D eigenvalue weighted by Gasteiger charge is -2.09. The number of rotatable bonds is 2. The normalized spacial score (nSPS) is 29.8. The van der Waals surface area contributed by atoms with Crippen molar-refractivity contribution in [3.63, 3.8) is 0 Å². The number of benzene rings is 1. The van der Waals surface area contributed by atoms with Gasteiger partial charge in [0, 0.05) is 10.9 Å². The van der Waals surface area contributed by atoms with Crippen molar-refractivity contribution in [1.82, 2.24) is 0 Å². The van der Waals surface area contributed by atoms with E-state index in [-0.39, 0.29) is 11.8 Å². The van der Waals surface area contributed by atoms with E-state index in [0.29, 0.717) is 28.2 Å². The first kappa shape index (κ1) is 10.9. The minimum absolute atomic E-state index is 0.105. The summed E-state index contributed by atoms with van der Waals surface area (Å²) in [6.45, 7) is 0. The molecule has 0 aliphatic heterocycles. The average molecular weight is 251 g/mol. The van der Waals surface area contributed by atoms with E-state index in [0.717, 1.165) is 0 Å². The van der Waals surface area contributed by atoms with E-state index in [4.69, 9.17) is 17.3 Å². The number of fused-ring (bicyclic) bond motifs is 1. The van der Waals surface area contributed by atoms with Gasteiger partial charge in [-0.1, -0.05) is 18.0 Å². The molecule has 0 heterocycles. The lowest BCUT2D eigenvalue weighted by molar-refractivity contribution is -0.118. The van der Waals surface area contributed by atoms with Gasteiger partial charge in [-0.2, -0.15) is 0 Å². The zero-order valence-corrected chi connectivity index (χ0v) is 10.2. The van der Waals surface area contributed by atoms with E-state index in [9.17, 15) is 4.79 Å². The van der Waals surface area contributed by atoms with Crippen molar-refractivity contribution < 1.29 is 4.79 Å². The molecule has 90 valence electrons. The number of nitrogens with two attached hydrogens (primary N) is 1. The summed E-state index contributed by atoms with van der Waals surface area (Å²) in [6, 6.07) is 5.14. The fraction of sp³-hybridized carbons (Fsp3) is 0.462. The maximum atomic E-state index is 12.0. The molecule has 1 amide bonds. The molecule has 2 aliphatic rings. The molecule has 4 heteroatoms. The van der Waals surface area contributed by atoms with E-state index >= 15 is 0 Å². The maximum absolute atomic E-state index is 12.0. The lowest BCUT2D eigenvalue weighted by atomic mass is 10.1. The van der Waals surface area contributed by atoms with Crippen molar-refractivity contribution in [2.75, 3.05) is 11.1 Å². The monoisotopic (exact) mass is 250 g/mol. The minimum atomic E-state index is 0.105. The Balaban J connectivity index is 1.71. The predicted octanol–water partition coefficient (Wildman–Crippen LogP) is 2.91. The number of carbonyl (C=O) groups is 1. The SMILES string of the molecule is Nc1ccc(Cl)cc1NC(=O)C1C2CCCC21. The van der Waals surface area contributed by atoms with Crippen molar-refractivity contribution in [2.24, 2.45) is 17.8 Å². The Hall–Kier alpha value is -1.22. The number of nitrogen functional groups attached to an aromatic ring is 1. The van der Waals surface area contributed by atoms with Crippen LogP contribution < -0.4 is 11.1 Å². The first-order chi connectivity index (χ1) is 8.16. The molecule has 2 unspecified atom stereocenters. The van der Waals surface area contributed by atoms with Crippen LogP contribution in [0.4, 0.5) is 11.4 Å². The highest BCUT2D eigenvalue weighted by molar-refractivity contribution is 6.31. The van der Waals surface area contributed by atoms with Gasteiger partial charge in [0.25, 0.3) is 0 Å². The highest BCUT2D eigenvalue weighted by Crippen LogP contribution is 2.57. The molecule has 2 atom stereocenters. The van der Waals surface area contributed by atoms with Gasteiger partial charge in [0.2, 0.25) is 5.91 Å². The molecule has 17 heavy (non-hydrogen) atoms. The minimum Gasteiger partial charge on any atom is -0.397 e. The van der Waals surface area contributed by atoms with Gasteiger partial charge in [-0.05, 0) is 42.9 Å². The fourth-order valence-electron chi connectivity index (χ4n) is 3.06. The van der Waals surface area contributed by atoms with E-state index in [1.54, 1.807) is 18.2 Å². The molecular formula is C13H15ClN2O. The molecule has 0 aromatic heterocycles. The molecule has 0 saturated heterocycles. The van der Waals surface area contributed by atoms with Crippen molar-refractivity contribution in [2.45, 2.75) is 19.3 Å². The first-order valence-electron chi connectivity index (χ1n) is 6.02. The van der Waals surface area contributed by atoms with Crippen LogP contribution in [0.25, 0.3) is 0 Å². The second-order valence-electron chi connectivity index (χ2n) is 5.01. The molecule has 0 spiro atoms. The molecule has 1 aromatic carbocycles. The Morgan fingerprint density at radius 2 is 2.06 bits per heavy atom. The Morgan fingerprint density at radius 1 is 1.35 bits per heavy atom. The van der Waals surface area contributed by atoms with Gasteiger partial charge in [-0.3, -0.25) is 4.79 Å². The lowest BCUT2D eigenvalue weighted by Crippen LogP contribution is -2.17. The number of nitrogens with one attached hydrogen (secondary N) is 1. The van der Waals surface area contributed by atoms with Crippen LogP contribution in [0.3, 0.4) is 0 Å². The second kappa shape index (κ2) is 3.91. The zero-order chi connectivity index (χ0) is 12.0. The quantitative estimate of drug-likeness (QED) is 0.793. The molecule has 0 radical (unpaired) electrons. The van der Waals surface area contributed by atoms with Crippen molar-refractivity contribution in [3.8, 4) is 0 Å². The summed E-state index contributed by atoms with van der Waals surface area (Å²) in [6.07, 6.45) is 3.68. The van der Waals surface area contributed by atoms with Gasteiger partial charge in [0.05, 0.1) is 11.4 Å². The molecule has 3 nitrogen and oxygen atoms in total. The van der Waals surface area contributed by atoms with Gasteiger partial charge < -0.3 is 11.1 Å². The van der Waals surface area contributed by atoms with Gasteiger partial charge in [0.1, 0.15) is 0 Å². The van der Waals surface area contributed by atoms with Crippen LogP contribution in [-0.2, 0) is 4.79 Å². The third kappa shape index (κ3) is 1.89. The first-order valence-corrected chi connectivity index (χ1v) is 6.40. The van der Waals surface area contributed by atoms with Crippen LogP contribution in [0.2, 0.25) is 5.02 Å². The summed E-state index contributed by atoms with van der Waals surface area (Å²) >= 11 is 5.88. The Morgan fingerprint density at radius 3 is 2.76 bits per heavy atom. The smallest absolute Gasteiger partial charge is 0.228 e. The van der Waals surface area contributed by atoms with E-state index < -0.39 is 0 Å². The molecule has 3 N–H and O–H groups in total. The average Bonchev–Trinajstić information content (AvgIpc) is 2.78. The van der Waals surface area contributed by atoms with Crippen LogP contribution in [0.1, 0.15) is 19.3 Å². The van der Waals surface area contributed by atoms with Gasteiger partial charge in [-0.15, -0.1) is 0 Å². The van der Waals surface area contributed by atoms with Gasteiger partial charge in [-0.25, -0.2) is 0 Å². The van der Waals surface area contributed by atoms with Crippen molar-refractivity contribution >= 4 is 28.9 Å². The summed E-state index contributed by atoms with van der Waals surface area (Å²) in [5, 5.41) is 3.48. The molecule has 2 aliphatic carbocycles. The van der Waals surface area contributed by atoms with Crippen LogP contribution in [0.15, 0.2) is 18.2 Å². The molecule has 0 bridgehead atoms. The molecular weight excluding hydrogens is 236 g/mol. The van der Waals surface area contributed by atoms with Crippen molar-refractivity contribution in [3.05, 3.63) is 23.2 Å². The summed E-state index contributed by atoms with van der Waals surface area (Å²) in [4.78, 5) is 12.0. The van der Waals surface area contributed by atoms with Crippen LogP contribution in [-0.4, -0.2) is 5.91 Å². The molecule has 1 aromatic rings. The van der Waals surface area contributed by atoms with Crippen LogP contribution in [0, 0.1) is 17.8 Å². The molecule has 2 saturated carbocycles. The highest BCUT2D eigenvalue weighted by atomic mass is 35.5. The molecule has 2 fully saturated rings. The number of halogens is 1. The highest BCUT2D eigenvalue weighted by Gasteiger charge is 2.56. The largest absolute Gasteiger partial charge is 0.397 e. The predicted molar refractivity (Wildman–Crippen MR) is 68.8 cm³/mol. The van der Waals surface area contributed by atoms with E-state index in [1.165, 1.54) is 19.3 Å². The Kier molecular flexibility index (Phi) is 2.51. The summed E-state index contributed by atoms with van der Waals surface area (Å²) < 4.78 is 0. The third-order valence-corrected chi connectivity index (χ3v) is 4.22. The summed E-state index contributed by atoms with van der Waals surface area (Å²) in [5.74, 6) is 1.56. The standard InChI is InChI=1S/C13H15ClN2O/c14-7-4-5-10(15)11(6-7)16-13(17)12-8-2-1-3-9(8)12/h4-6,8-9,12H,1-3,15H2,(H,16,17). The summed E-state index contributed by atoms with van der Waals surface area (Å²) in [5.41, 5.74) is 7.00. The van der Waals surface area contributed by atoms with Gasteiger partial charge in [0.15, 0.2) is 0 Å². The van der Waals surface area contributed by atoms with Crippen molar-refractivity contribution in [1.29, 1.82) is 0 Å². The zero-order valence-electron chi connectivity index (χ0n) is 9.45. The Labute approximate surface area is 105 Å². The summed E-state index contributed by atoms with van der Waals surface area (Å²) in [7, 11) is 0. The number of amides is 1. The topological polar surface area (TPSA) is 55.1 Å². The number of anilines is 2. The fourth-order valence-corrected chi connectivity index (χ4v) is 3.24. The maximum Gasteiger partial charge on any atom is 0.228 e. The van der Waals surface area contributed by atoms with Crippen LogP contribution in [0.5, 0.6) is 0 Å². The number of hydrogen-bond acceptors (Lipinski definition) is 2. The van der Waals surface area contributed by atoms with Crippen LogP contribution >= 0.6 is 11.6 Å².